The molecule has 0 aliphatic carbocycles. The smallest absolute Gasteiger partial charge is 0.224 e. The van der Waals surface area contributed by atoms with E-state index >= 15 is 0 Å². The topological polar surface area (TPSA) is 52.6 Å². The van der Waals surface area contributed by atoms with E-state index in [2.05, 4.69) is 34.5 Å². The Morgan fingerprint density at radius 1 is 1.39 bits per heavy atom. The summed E-state index contributed by atoms with van der Waals surface area (Å²) < 4.78 is 0. The van der Waals surface area contributed by atoms with E-state index in [1.807, 2.05) is 6.07 Å². The van der Waals surface area contributed by atoms with Crippen LogP contribution >= 0.6 is 11.8 Å². The Morgan fingerprint density at radius 3 is 2.96 bits per heavy atom. The highest BCUT2D eigenvalue weighted by Crippen LogP contribution is 2.27. The van der Waals surface area contributed by atoms with E-state index in [-0.39, 0.29) is 11.8 Å². The van der Waals surface area contributed by atoms with Crippen molar-refractivity contribution in [1.82, 2.24) is 10.2 Å². The van der Waals surface area contributed by atoms with Gasteiger partial charge in [-0.25, -0.2) is 0 Å². The maximum atomic E-state index is 12.4. The van der Waals surface area contributed by atoms with Crippen LogP contribution < -0.4 is 5.32 Å². The lowest BCUT2D eigenvalue weighted by Gasteiger charge is -2.32. The molecule has 2 N–H and O–H groups in total. The fourth-order valence-corrected chi connectivity index (χ4v) is 4.68. The molecule has 0 radical (unpaired) electrons. The first-order valence-corrected chi connectivity index (χ1v) is 9.64. The highest BCUT2D eigenvalue weighted by atomic mass is 32.2. The lowest BCUT2D eigenvalue weighted by molar-refractivity contribution is -0.127. The van der Waals surface area contributed by atoms with E-state index in [9.17, 15) is 9.90 Å². The van der Waals surface area contributed by atoms with Crippen LogP contribution in [-0.2, 0) is 11.3 Å². The summed E-state index contributed by atoms with van der Waals surface area (Å²) in [6.45, 7) is 3.17. The number of nitrogens with zero attached hydrogens (tertiary/aromatic N) is 1. The third-order valence-corrected chi connectivity index (χ3v) is 6.03. The van der Waals surface area contributed by atoms with Gasteiger partial charge in [0.2, 0.25) is 5.91 Å². The maximum absolute atomic E-state index is 12.4. The number of carbonyl (C=O) groups is 1. The molecule has 5 heteroatoms. The molecule has 23 heavy (non-hydrogen) atoms. The van der Waals surface area contributed by atoms with Gasteiger partial charge in [-0.3, -0.25) is 9.69 Å². The molecular weight excluding hydrogens is 308 g/mol. The van der Waals surface area contributed by atoms with E-state index < -0.39 is 5.60 Å². The number of amides is 1. The Hall–Kier alpha value is -1.04. The fraction of sp³-hybridized carbons (Fsp3) is 0.611. The number of likely N-dealkylation sites (tertiary alicyclic amines) is 1. The molecule has 2 fully saturated rings. The molecule has 1 amide bonds. The predicted molar refractivity (Wildman–Crippen MR) is 94.3 cm³/mol. The molecule has 1 aromatic rings. The molecule has 3 rings (SSSR count). The number of rotatable bonds is 5. The zero-order valence-electron chi connectivity index (χ0n) is 13.5. The van der Waals surface area contributed by atoms with Gasteiger partial charge in [-0.05, 0) is 37.1 Å². The van der Waals surface area contributed by atoms with Crippen molar-refractivity contribution in [3.63, 3.8) is 0 Å². The summed E-state index contributed by atoms with van der Waals surface area (Å²) in [5.41, 5.74) is 0.601. The van der Waals surface area contributed by atoms with Gasteiger partial charge in [0.25, 0.3) is 0 Å². The van der Waals surface area contributed by atoms with Crippen molar-refractivity contribution in [3.8, 4) is 0 Å². The lowest BCUT2D eigenvalue weighted by atomic mass is 9.96. The van der Waals surface area contributed by atoms with Gasteiger partial charge in [-0.15, -0.1) is 0 Å². The number of piperidine rings is 1. The Kier molecular flexibility index (Phi) is 5.62. The molecule has 0 aromatic heterocycles. The number of hydrogen-bond donors (Lipinski definition) is 2. The molecule has 2 unspecified atom stereocenters. The molecule has 1 aromatic carbocycles. The van der Waals surface area contributed by atoms with Gasteiger partial charge in [0, 0.05) is 25.4 Å². The molecule has 0 bridgehead atoms. The Morgan fingerprint density at radius 2 is 2.22 bits per heavy atom. The van der Waals surface area contributed by atoms with E-state index in [1.165, 1.54) is 5.56 Å². The summed E-state index contributed by atoms with van der Waals surface area (Å²) >= 11 is 1.76. The maximum Gasteiger partial charge on any atom is 0.224 e. The van der Waals surface area contributed by atoms with Gasteiger partial charge >= 0.3 is 0 Å². The minimum Gasteiger partial charge on any atom is -0.387 e. The highest BCUT2D eigenvalue weighted by molar-refractivity contribution is 7.99. The Bertz CT molecular complexity index is 517. The second-order valence-electron chi connectivity index (χ2n) is 6.80. The molecule has 0 spiro atoms. The lowest BCUT2D eigenvalue weighted by Crippen LogP contribution is -2.48. The molecular formula is C18H26N2O2S. The Labute approximate surface area is 142 Å². The van der Waals surface area contributed by atoms with Gasteiger partial charge in [0.05, 0.1) is 11.5 Å². The molecule has 2 atom stereocenters. The van der Waals surface area contributed by atoms with Gasteiger partial charge in [0.15, 0.2) is 0 Å². The summed E-state index contributed by atoms with van der Waals surface area (Å²) in [5, 5.41) is 13.3. The molecule has 2 heterocycles. The first-order valence-electron chi connectivity index (χ1n) is 8.49. The minimum atomic E-state index is -0.696. The monoisotopic (exact) mass is 334 g/mol. The van der Waals surface area contributed by atoms with Crippen LogP contribution in [0.5, 0.6) is 0 Å². The van der Waals surface area contributed by atoms with Crippen LogP contribution in [-0.4, -0.2) is 52.7 Å². The number of hydrogen-bond acceptors (Lipinski definition) is 4. The summed E-state index contributed by atoms with van der Waals surface area (Å²) in [6.07, 6.45) is 2.79. The molecule has 2 saturated heterocycles. The normalized spacial score (nSPS) is 28.7. The van der Waals surface area contributed by atoms with Crippen molar-refractivity contribution in [2.45, 2.75) is 31.4 Å². The molecule has 2 aliphatic rings. The molecule has 2 aliphatic heterocycles. The van der Waals surface area contributed by atoms with Gasteiger partial charge < -0.3 is 10.4 Å². The number of thioether (sulfide) groups is 1. The SMILES string of the molecule is O=C(NCC1(O)CCSC1)C1CCCN(Cc2ccccc2)C1. The first kappa shape index (κ1) is 16.8. The van der Waals surface area contributed by atoms with E-state index in [0.717, 1.165) is 50.4 Å². The second-order valence-corrected chi connectivity index (χ2v) is 7.91. The number of carbonyl (C=O) groups excluding carboxylic acids is 1. The third-order valence-electron chi connectivity index (χ3n) is 4.80. The van der Waals surface area contributed by atoms with Crippen LogP contribution in [0, 0.1) is 5.92 Å². The van der Waals surface area contributed by atoms with Crippen LogP contribution in [0.2, 0.25) is 0 Å². The largest absolute Gasteiger partial charge is 0.387 e. The van der Waals surface area contributed by atoms with Crippen LogP contribution in [0.25, 0.3) is 0 Å². The summed E-state index contributed by atoms with van der Waals surface area (Å²) in [5.74, 6) is 1.87. The van der Waals surface area contributed by atoms with Crippen molar-refractivity contribution >= 4 is 17.7 Å². The zero-order chi connectivity index (χ0) is 16.1. The Balaban J connectivity index is 1.48. The average Bonchev–Trinajstić information content (AvgIpc) is 3.01. The van der Waals surface area contributed by atoms with Crippen molar-refractivity contribution in [3.05, 3.63) is 35.9 Å². The van der Waals surface area contributed by atoms with E-state index in [1.54, 1.807) is 11.8 Å². The van der Waals surface area contributed by atoms with E-state index in [0.29, 0.717) is 6.54 Å². The molecule has 126 valence electrons. The quantitative estimate of drug-likeness (QED) is 0.863. The van der Waals surface area contributed by atoms with E-state index in [4.69, 9.17) is 0 Å². The molecule has 4 nitrogen and oxygen atoms in total. The number of aliphatic hydroxyl groups is 1. The standard InChI is InChI=1S/C18H26N2O2S/c21-17(19-13-18(22)8-10-23-14-18)16-7-4-9-20(12-16)11-15-5-2-1-3-6-15/h1-3,5-6,16,22H,4,7-14H2,(H,19,21). The minimum absolute atomic E-state index is 0.0464. The van der Waals surface area contributed by atoms with Crippen LogP contribution in [0.4, 0.5) is 0 Å². The van der Waals surface area contributed by atoms with Crippen molar-refractivity contribution in [2.24, 2.45) is 5.92 Å². The number of nitrogens with one attached hydrogen (secondary N) is 1. The second kappa shape index (κ2) is 7.69. The van der Waals surface area contributed by atoms with Crippen LogP contribution in [0.1, 0.15) is 24.8 Å². The molecule has 0 saturated carbocycles. The summed E-state index contributed by atoms with van der Waals surface area (Å²) in [6, 6.07) is 10.4. The fourth-order valence-electron chi connectivity index (χ4n) is 3.39. The predicted octanol–water partition coefficient (Wildman–Crippen LogP) is 1.88. The average molecular weight is 334 g/mol. The highest BCUT2D eigenvalue weighted by Gasteiger charge is 2.33. The van der Waals surface area contributed by atoms with Gasteiger partial charge in [-0.2, -0.15) is 11.8 Å². The van der Waals surface area contributed by atoms with Crippen molar-refractivity contribution in [2.75, 3.05) is 31.1 Å². The summed E-state index contributed by atoms with van der Waals surface area (Å²) in [4.78, 5) is 14.8. The van der Waals surface area contributed by atoms with Crippen molar-refractivity contribution in [1.29, 1.82) is 0 Å². The van der Waals surface area contributed by atoms with Gasteiger partial charge in [-0.1, -0.05) is 30.3 Å². The number of benzene rings is 1. The van der Waals surface area contributed by atoms with Crippen molar-refractivity contribution < 1.29 is 9.90 Å². The third kappa shape index (κ3) is 4.72. The summed E-state index contributed by atoms with van der Waals surface area (Å²) in [7, 11) is 0. The first-order chi connectivity index (χ1) is 11.1. The zero-order valence-corrected chi connectivity index (χ0v) is 14.4. The van der Waals surface area contributed by atoms with Crippen LogP contribution in [0.3, 0.4) is 0 Å². The van der Waals surface area contributed by atoms with Gasteiger partial charge in [0.1, 0.15) is 0 Å². The van der Waals surface area contributed by atoms with Crippen LogP contribution in [0.15, 0.2) is 30.3 Å².